The molecule has 1 aromatic heterocycles. The molecule has 0 saturated carbocycles. The van der Waals surface area contributed by atoms with Gasteiger partial charge in [0.25, 0.3) is 0 Å². The maximum absolute atomic E-state index is 6.93. The monoisotopic (exact) mass is 470 g/mol. The minimum atomic E-state index is 0.912. The molecule has 0 atom stereocenters. The lowest BCUT2D eigenvalue weighted by Gasteiger charge is -2.14. The zero-order valence-electron chi connectivity index (χ0n) is 20.1. The lowest BCUT2D eigenvalue weighted by Crippen LogP contribution is -1.87. The largest absolute Gasteiger partial charge is 0.455 e. The minimum absolute atomic E-state index is 0.912. The van der Waals surface area contributed by atoms with E-state index < -0.39 is 0 Å². The molecule has 0 aliphatic heterocycles. The molecule has 0 aliphatic carbocycles. The maximum atomic E-state index is 6.93. The second kappa shape index (κ2) is 7.81. The van der Waals surface area contributed by atoms with Crippen LogP contribution in [0.25, 0.3) is 76.9 Å². The molecule has 0 bridgehead atoms. The average molecular weight is 471 g/mol. The summed E-state index contributed by atoms with van der Waals surface area (Å²) in [7, 11) is 0. The van der Waals surface area contributed by atoms with Gasteiger partial charge in [0.15, 0.2) is 0 Å². The van der Waals surface area contributed by atoms with E-state index >= 15 is 0 Å². The Balaban J connectivity index is 1.47. The van der Waals surface area contributed by atoms with E-state index in [4.69, 9.17) is 4.42 Å². The number of benzene rings is 7. The first-order valence-corrected chi connectivity index (χ1v) is 12.7. The summed E-state index contributed by atoms with van der Waals surface area (Å²) in [5.74, 6) is 1.84. The van der Waals surface area contributed by atoms with E-state index in [0.717, 1.165) is 33.4 Å². The van der Waals surface area contributed by atoms with Crippen LogP contribution < -0.4 is 0 Å². The summed E-state index contributed by atoms with van der Waals surface area (Å²) in [6.07, 6.45) is 0. The fourth-order valence-electron chi connectivity index (χ4n) is 5.99. The van der Waals surface area contributed by atoms with E-state index in [-0.39, 0.29) is 0 Å². The van der Waals surface area contributed by atoms with Gasteiger partial charge >= 0.3 is 0 Å². The third-order valence-corrected chi connectivity index (χ3v) is 7.63. The Morgan fingerprint density at radius 3 is 1.70 bits per heavy atom. The molecule has 0 saturated heterocycles. The van der Waals surface area contributed by atoms with Crippen LogP contribution in [0.2, 0.25) is 0 Å². The number of furan rings is 1. The molecule has 37 heavy (non-hydrogen) atoms. The molecule has 0 amide bonds. The minimum Gasteiger partial charge on any atom is -0.455 e. The Labute approximate surface area is 214 Å². The highest BCUT2D eigenvalue weighted by Gasteiger charge is 2.21. The van der Waals surface area contributed by atoms with E-state index in [0.29, 0.717) is 0 Å². The molecule has 0 radical (unpaired) electrons. The molecule has 1 heteroatoms. The van der Waals surface area contributed by atoms with E-state index in [2.05, 4.69) is 133 Å². The van der Waals surface area contributed by atoms with Crippen molar-refractivity contribution in [3.05, 3.63) is 133 Å². The van der Waals surface area contributed by atoms with Gasteiger partial charge in [0.1, 0.15) is 11.5 Å². The van der Waals surface area contributed by atoms with Crippen molar-refractivity contribution < 1.29 is 4.42 Å². The molecule has 0 aliphatic rings. The molecule has 1 heterocycles. The van der Waals surface area contributed by atoms with Gasteiger partial charge < -0.3 is 4.42 Å². The fourth-order valence-corrected chi connectivity index (χ4v) is 5.99. The summed E-state index contributed by atoms with van der Waals surface area (Å²) in [4.78, 5) is 0. The molecule has 7 aromatic carbocycles. The topological polar surface area (TPSA) is 13.1 Å². The molecule has 8 rings (SSSR count). The summed E-state index contributed by atoms with van der Waals surface area (Å²) < 4.78 is 6.93. The lowest BCUT2D eigenvalue weighted by atomic mass is 9.90. The number of rotatable bonds is 3. The van der Waals surface area contributed by atoms with Gasteiger partial charge in [-0.2, -0.15) is 0 Å². The summed E-state index contributed by atoms with van der Waals surface area (Å²) in [6, 6.07) is 47.6. The SMILES string of the molecule is c1ccc(-c2ccccc2-c2oc(-c3cc4cccc5ccc6cccc3c6c54)c3ccccc23)cc1. The first-order chi connectivity index (χ1) is 18.4. The van der Waals surface area contributed by atoms with E-state index in [1.807, 2.05) is 0 Å². The molecule has 1 nitrogen and oxygen atoms in total. The van der Waals surface area contributed by atoms with Crippen molar-refractivity contribution >= 4 is 43.1 Å². The van der Waals surface area contributed by atoms with Crippen LogP contribution in [0.5, 0.6) is 0 Å². The average Bonchev–Trinajstić information content (AvgIpc) is 3.36. The van der Waals surface area contributed by atoms with Gasteiger partial charge in [0.05, 0.1) is 0 Å². The van der Waals surface area contributed by atoms with Crippen molar-refractivity contribution in [2.24, 2.45) is 0 Å². The van der Waals surface area contributed by atoms with Crippen molar-refractivity contribution in [3.8, 4) is 33.8 Å². The molecule has 0 fully saturated rings. The highest BCUT2D eigenvalue weighted by atomic mass is 16.3. The Bertz CT molecular complexity index is 2080. The van der Waals surface area contributed by atoms with Gasteiger partial charge in [0, 0.05) is 21.9 Å². The Morgan fingerprint density at radius 2 is 0.919 bits per heavy atom. The normalized spacial score (nSPS) is 11.8. The van der Waals surface area contributed by atoms with Gasteiger partial charge in [-0.05, 0) is 49.5 Å². The Kier molecular flexibility index (Phi) is 4.29. The van der Waals surface area contributed by atoms with E-state index in [1.54, 1.807) is 0 Å². The Hall–Kier alpha value is -4.88. The first-order valence-electron chi connectivity index (χ1n) is 12.7. The highest BCUT2D eigenvalue weighted by molar-refractivity contribution is 6.27. The van der Waals surface area contributed by atoms with Crippen LogP contribution in [-0.2, 0) is 0 Å². The summed E-state index contributed by atoms with van der Waals surface area (Å²) in [5, 5.41) is 9.89. The van der Waals surface area contributed by atoms with Crippen LogP contribution in [0.3, 0.4) is 0 Å². The summed E-state index contributed by atoms with van der Waals surface area (Å²) in [6.45, 7) is 0. The number of hydrogen-bond acceptors (Lipinski definition) is 1. The van der Waals surface area contributed by atoms with Gasteiger partial charge in [0.2, 0.25) is 0 Å². The first kappa shape index (κ1) is 20.3. The lowest BCUT2D eigenvalue weighted by molar-refractivity contribution is 0.603. The van der Waals surface area contributed by atoms with Crippen molar-refractivity contribution in [1.82, 2.24) is 0 Å². The predicted octanol–water partition coefficient (Wildman–Crippen LogP) is 10.3. The third kappa shape index (κ3) is 2.98. The quantitative estimate of drug-likeness (QED) is 0.234. The smallest absolute Gasteiger partial charge is 0.143 e. The van der Waals surface area contributed by atoms with Crippen molar-refractivity contribution in [1.29, 1.82) is 0 Å². The molecule has 0 N–H and O–H groups in total. The van der Waals surface area contributed by atoms with Crippen LogP contribution >= 0.6 is 0 Å². The van der Waals surface area contributed by atoms with Crippen LogP contribution in [0.4, 0.5) is 0 Å². The second-order valence-electron chi connectivity index (χ2n) is 9.69. The highest BCUT2D eigenvalue weighted by Crippen LogP contribution is 2.46. The summed E-state index contributed by atoms with van der Waals surface area (Å²) >= 11 is 0. The maximum Gasteiger partial charge on any atom is 0.143 e. The van der Waals surface area contributed by atoms with Crippen LogP contribution in [0.15, 0.2) is 138 Å². The van der Waals surface area contributed by atoms with Crippen molar-refractivity contribution in [2.75, 3.05) is 0 Å². The summed E-state index contributed by atoms with van der Waals surface area (Å²) in [5.41, 5.74) is 4.59. The number of hydrogen-bond donors (Lipinski definition) is 0. The van der Waals surface area contributed by atoms with Crippen molar-refractivity contribution in [3.63, 3.8) is 0 Å². The second-order valence-corrected chi connectivity index (χ2v) is 9.69. The molecule has 0 unspecified atom stereocenters. The van der Waals surface area contributed by atoms with Gasteiger partial charge in [-0.15, -0.1) is 0 Å². The van der Waals surface area contributed by atoms with Gasteiger partial charge in [-0.25, -0.2) is 0 Å². The zero-order valence-corrected chi connectivity index (χ0v) is 20.1. The molecule has 172 valence electrons. The zero-order chi connectivity index (χ0) is 24.3. The van der Waals surface area contributed by atoms with E-state index in [9.17, 15) is 0 Å². The number of fused-ring (bicyclic) bond motifs is 1. The molecular weight excluding hydrogens is 448 g/mol. The molecular formula is C36H22O. The third-order valence-electron chi connectivity index (χ3n) is 7.63. The van der Waals surface area contributed by atoms with Crippen LogP contribution in [0, 0.1) is 0 Å². The molecule has 0 spiro atoms. The standard InChI is InChI=1S/C36H22O/c1-2-10-23(11-3-1)27-15-4-5-16-29(27)35-30-17-6-7-18-31(30)36(37-35)32-22-26-14-8-12-24-20-21-25-13-9-19-28(32)34(25)33(24)26/h1-22H. The Morgan fingerprint density at radius 1 is 0.351 bits per heavy atom. The predicted molar refractivity (Wildman–Crippen MR) is 156 cm³/mol. The fraction of sp³-hybridized carbons (Fsp3) is 0. The van der Waals surface area contributed by atoms with Crippen LogP contribution in [0.1, 0.15) is 0 Å². The van der Waals surface area contributed by atoms with Gasteiger partial charge in [-0.3, -0.25) is 0 Å². The van der Waals surface area contributed by atoms with Crippen molar-refractivity contribution in [2.45, 2.75) is 0 Å². The molecule has 8 aromatic rings. The van der Waals surface area contributed by atoms with E-state index in [1.165, 1.54) is 43.4 Å². The van der Waals surface area contributed by atoms with Crippen LogP contribution in [-0.4, -0.2) is 0 Å². The van der Waals surface area contributed by atoms with Gasteiger partial charge in [-0.1, -0.05) is 127 Å².